The Hall–Kier alpha value is -4.17. The van der Waals surface area contributed by atoms with E-state index in [2.05, 4.69) is 28.0 Å². The van der Waals surface area contributed by atoms with Gasteiger partial charge in [-0.25, -0.2) is 4.79 Å². The quantitative estimate of drug-likeness (QED) is 0.424. The Kier molecular flexibility index (Phi) is 7.27. The van der Waals surface area contributed by atoms with Gasteiger partial charge in [-0.3, -0.25) is 9.59 Å². The predicted molar refractivity (Wildman–Crippen MR) is 163 cm³/mol. The molecule has 42 heavy (non-hydrogen) atoms. The first-order valence-electron chi connectivity index (χ1n) is 14.8. The Bertz CT molecular complexity index is 1500. The zero-order valence-electron chi connectivity index (χ0n) is 24.3. The van der Waals surface area contributed by atoms with Crippen LogP contribution in [-0.2, 0) is 21.5 Å². The number of para-hydroxylation sites is 2. The predicted octanol–water partition coefficient (Wildman–Crippen LogP) is 4.74. The van der Waals surface area contributed by atoms with E-state index < -0.39 is 16.9 Å². The minimum Gasteiger partial charge on any atom is -0.478 e. The molecule has 1 spiro atoms. The van der Waals surface area contributed by atoms with Crippen LogP contribution in [0, 0.1) is 0 Å². The van der Waals surface area contributed by atoms with Crippen molar-refractivity contribution < 1.29 is 19.5 Å². The summed E-state index contributed by atoms with van der Waals surface area (Å²) in [6, 6.07) is 25.0. The number of likely N-dealkylation sites (tertiary alicyclic amines) is 1. The van der Waals surface area contributed by atoms with E-state index in [0.29, 0.717) is 32.6 Å². The molecule has 1 N–H and O–H groups in total. The normalized spacial score (nSPS) is 19.5. The van der Waals surface area contributed by atoms with E-state index in [1.165, 1.54) is 0 Å². The van der Waals surface area contributed by atoms with Gasteiger partial charge >= 0.3 is 5.97 Å². The third-order valence-corrected chi connectivity index (χ3v) is 9.32. The fourth-order valence-electron chi connectivity index (χ4n) is 6.97. The van der Waals surface area contributed by atoms with Gasteiger partial charge in [0.25, 0.3) is 0 Å². The van der Waals surface area contributed by atoms with Crippen molar-refractivity contribution in [3.8, 4) is 0 Å². The van der Waals surface area contributed by atoms with Crippen molar-refractivity contribution in [2.24, 2.45) is 0 Å². The average molecular weight is 567 g/mol. The van der Waals surface area contributed by atoms with Gasteiger partial charge in [-0.1, -0.05) is 48.5 Å². The molecule has 2 amide bonds. The van der Waals surface area contributed by atoms with Crippen LogP contribution in [0.25, 0.3) is 0 Å². The van der Waals surface area contributed by atoms with E-state index in [1.807, 2.05) is 66.1 Å². The summed E-state index contributed by atoms with van der Waals surface area (Å²) in [5.74, 6) is -0.708. The summed E-state index contributed by atoms with van der Waals surface area (Å²) in [7, 11) is 0. The maximum atomic E-state index is 14.1. The molecule has 0 aromatic heterocycles. The summed E-state index contributed by atoms with van der Waals surface area (Å²) < 4.78 is 0. The van der Waals surface area contributed by atoms with Crippen LogP contribution < -0.4 is 9.80 Å². The molecule has 3 aliphatic heterocycles. The SMILES string of the molecule is CC1(C)C(=O)N(CCCN2CCC3(CC2)C(=O)N(Cc2cccc(C(=O)O)c2)CN3c2ccccc2)c2ccccc21. The van der Waals surface area contributed by atoms with Gasteiger partial charge in [0.15, 0.2) is 0 Å². The highest BCUT2D eigenvalue weighted by molar-refractivity contribution is 6.07. The zero-order valence-corrected chi connectivity index (χ0v) is 24.3. The fourth-order valence-corrected chi connectivity index (χ4v) is 6.97. The number of rotatable bonds is 8. The summed E-state index contributed by atoms with van der Waals surface area (Å²) >= 11 is 0. The van der Waals surface area contributed by atoms with E-state index in [9.17, 15) is 19.5 Å². The number of carbonyl (C=O) groups excluding carboxylic acids is 2. The number of hydrogen-bond donors (Lipinski definition) is 1. The number of nitrogens with zero attached hydrogens (tertiary/aromatic N) is 4. The Labute approximate surface area is 247 Å². The number of hydrogen-bond acceptors (Lipinski definition) is 5. The Morgan fingerprint density at radius 1 is 0.857 bits per heavy atom. The van der Waals surface area contributed by atoms with E-state index in [-0.39, 0.29) is 17.4 Å². The number of piperidine rings is 1. The second kappa shape index (κ2) is 10.9. The minimum atomic E-state index is -0.971. The Balaban J connectivity index is 1.13. The topological polar surface area (TPSA) is 84.4 Å². The molecule has 8 heteroatoms. The summed E-state index contributed by atoms with van der Waals surface area (Å²) in [6.45, 7) is 7.99. The lowest BCUT2D eigenvalue weighted by molar-refractivity contribution is -0.134. The molecule has 3 aromatic carbocycles. The van der Waals surface area contributed by atoms with Crippen molar-refractivity contribution in [2.75, 3.05) is 42.6 Å². The first kappa shape index (κ1) is 28.0. The molecule has 2 fully saturated rings. The smallest absolute Gasteiger partial charge is 0.335 e. The number of carbonyl (C=O) groups is 3. The molecule has 0 aliphatic carbocycles. The monoisotopic (exact) mass is 566 g/mol. The molecule has 3 aliphatic rings. The number of fused-ring (bicyclic) bond motifs is 1. The fraction of sp³-hybridized carbons (Fsp3) is 0.382. The molecule has 0 atom stereocenters. The van der Waals surface area contributed by atoms with E-state index in [4.69, 9.17) is 0 Å². The van der Waals surface area contributed by atoms with Crippen molar-refractivity contribution in [1.29, 1.82) is 0 Å². The van der Waals surface area contributed by atoms with Gasteiger partial charge in [0.05, 0.1) is 17.6 Å². The van der Waals surface area contributed by atoms with Gasteiger partial charge in [0, 0.05) is 37.6 Å². The molecular weight excluding hydrogens is 528 g/mol. The van der Waals surface area contributed by atoms with Crippen molar-refractivity contribution in [1.82, 2.24) is 9.80 Å². The molecule has 0 unspecified atom stereocenters. The number of amides is 2. The second-order valence-electron chi connectivity index (χ2n) is 12.2. The van der Waals surface area contributed by atoms with Gasteiger partial charge in [-0.05, 0) is 81.1 Å². The zero-order chi connectivity index (χ0) is 29.5. The van der Waals surface area contributed by atoms with Gasteiger partial charge in [-0.15, -0.1) is 0 Å². The standard InChI is InChI=1S/C34H38N4O4/c1-33(2)28-14-6-7-15-29(28)37(31(33)41)19-9-18-35-20-16-34(17-21-35)32(42)36(24-38(34)27-12-4-3-5-13-27)23-25-10-8-11-26(22-25)30(39)40/h3-8,10-15,22H,9,16-21,23-24H2,1-2H3,(H,39,40). The van der Waals surface area contributed by atoms with E-state index in [1.54, 1.807) is 18.2 Å². The summed E-state index contributed by atoms with van der Waals surface area (Å²) in [5, 5.41) is 9.43. The Morgan fingerprint density at radius 3 is 2.31 bits per heavy atom. The van der Waals surface area contributed by atoms with Gasteiger partial charge in [0.1, 0.15) is 5.54 Å². The summed E-state index contributed by atoms with van der Waals surface area (Å²) in [6.07, 6.45) is 2.29. The van der Waals surface area contributed by atoms with Gasteiger partial charge in [-0.2, -0.15) is 0 Å². The Morgan fingerprint density at radius 2 is 1.57 bits per heavy atom. The van der Waals surface area contributed by atoms with Crippen molar-refractivity contribution in [3.05, 3.63) is 95.6 Å². The van der Waals surface area contributed by atoms with Crippen LogP contribution in [0.5, 0.6) is 0 Å². The number of benzene rings is 3. The van der Waals surface area contributed by atoms with Gasteiger partial charge < -0.3 is 24.7 Å². The number of anilines is 2. The highest BCUT2D eigenvalue weighted by atomic mass is 16.4. The molecule has 0 radical (unpaired) electrons. The summed E-state index contributed by atoms with van der Waals surface area (Å²) in [4.78, 5) is 47.3. The molecular formula is C34H38N4O4. The maximum Gasteiger partial charge on any atom is 0.335 e. The lowest BCUT2D eigenvalue weighted by Crippen LogP contribution is -2.56. The van der Waals surface area contributed by atoms with E-state index in [0.717, 1.165) is 48.6 Å². The van der Waals surface area contributed by atoms with Crippen LogP contribution in [0.15, 0.2) is 78.9 Å². The number of carboxylic acid groups (broad SMARTS) is 1. The molecule has 0 saturated carbocycles. The largest absolute Gasteiger partial charge is 0.478 e. The molecule has 218 valence electrons. The lowest BCUT2D eigenvalue weighted by atomic mass is 9.85. The van der Waals surface area contributed by atoms with Crippen molar-refractivity contribution in [3.63, 3.8) is 0 Å². The third kappa shape index (κ3) is 4.83. The maximum absolute atomic E-state index is 14.1. The molecule has 6 rings (SSSR count). The molecule has 3 aromatic rings. The van der Waals surface area contributed by atoms with Gasteiger partial charge in [0.2, 0.25) is 11.8 Å². The number of carboxylic acids is 1. The lowest BCUT2D eigenvalue weighted by Gasteiger charge is -2.43. The highest BCUT2D eigenvalue weighted by Crippen LogP contribution is 2.42. The second-order valence-corrected chi connectivity index (χ2v) is 12.2. The minimum absolute atomic E-state index is 0.105. The van der Waals surface area contributed by atoms with Crippen molar-refractivity contribution in [2.45, 2.75) is 50.6 Å². The van der Waals surface area contributed by atoms with Crippen LogP contribution >= 0.6 is 0 Å². The molecule has 2 saturated heterocycles. The van der Waals surface area contributed by atoms with Crippen LogP contribution in [0.3, 0.4) is 0 Å². The van der Waals surface area contributed by atoms with Crippen LogP contribution in [0.2, 0.25) is 0 Å². The van der Waals surface area contributed by atoms with Crippen LogP contribution in [0.1, 0.15) is 54.6 Å². The molecule has 0 bridgehead atoms. The van der Waals surface area contributed by atoms with Crippen LogP contribution in [0.4, 0.5) is 11.4 Å². The first-order valence-corrected chi connectivity index (χ1v) is 14.8. The third-order valence-electron chi connectivity index (χ3n) is 9.32. The van der Waals surface area contributed by atoms with E-state index >= 15 is 0 Å². The highest BCUT2D eigenvalue weighted by Gasteiger charge is 2.53. The van der Waals surface area contributed by atoms with Crippen molar-refractivity contribution >= 4 is 29.2 Å². The number of aromatic carboxylic acids is 1. The summed E-state index contributed by atoms with van der Waals surface area (Å²) in [5.41, 5.74) is 3.05. The average Bonchev–Trinajstić information content (AvgIpc) is 3.37. The van der Waals surface area contributed by atoms with Crippen LogP contribution in [-0.4, -0.2) is 71.1 Å². The molecule has 3 heterocycles. The molecule has 8 nitrogen and oxygen atoms in total. The first-order chi connectivity index (χ1) is 20.2.